The molecule has 0 radical (unpaired) electrons. The minimum Gasteiger partial charge on any atom is -0.482 e. The predicted molar refractivity (Wildman–Crippen MR) is 134 cm³/mol. The number of nitrogens with zero attached hydrogens (tertiary/aromatic N) is 6. The molecule has 3 heterocycles. The third kappa shape index (κ3) is 4.75. The van der Waals surface area contributed by atoms with Crippen LogP contribution >= 0.6 is 23.1 Å². The molecule has 10 nitrogen and oxygen atoms in total. The number of anilines is 2. The first-order valence-corrected chi connectivity index (χ1v) is 12.6. The lowest BCUT2D eigenvalue weighted by Crippen LogP contribution is -2.41. The number of para-hydroxylation sites is 2. The number of nitrogens with one attached hydrogen (secondary N) is 1. The average Bonchev–Trinajstić information content (AvgIpc) is 3.49. The first kappa shape index (κ1) is 23.0. The van der Waals surface area contributed by atoms with Gasteiger partial charge in [0.25, 0.3) is 5.91 Å². The van der Waals surface area contributed by atoms with Crippen LogP contribution in [0.4, 0.5) is 10.8 Å². The van der Waals surface area contributed by atoms with E-state index in [9.17, 15) is 9.59 Å². The van der Waals surface area contributed by atoms with Crippen molar-refractivity contribution in [2.45, 2.75) is 18.1 Å². The molecule has 178 valence electrons. The largest absolute Gasteiger partial charge is 0.482 e. The van der Waals surface area contributed by atoms with Gasteiger partial charge in [0.15, 0.2) is 17.6 Å². The molecule has 2 aromatic carbocycles. The third-order valence-electron chi connectivity index (χ3n) is 5.40. The van der Waals surface area contributed by atoms with Crippen molar-refractivity contribution in [1.82, 2.24) is 25.0 Å². The standard InChI is InChI=1S/C23H21N7O3S2/c1-14(30-16-10-6-7-11-17(16)33-12-19(30)32)20-25-28-23(29(20)2)34-13-18(31)24-22-27-26-21(35-22)15-8-4-3-5-9-15/h3-11,14H,12-13H2,1-2H3,(H,24,27,31). The molecule has 2 aromatic heterocycles. The summed E-state index contributed by atoms with van der Waals surface area (Å²) >= 11 is 2.57. The van der Waals surface area contributed by atoms with Gasteiger partial charge in [0.2, 0.25) is 11.0 Å². The van der Waals surface area contributed by atoms with Crippen LogP contribution in [-0.4, -0.2) is 49.1 Å². The highest BCUT2D eigenvalue weighted by molar-refractivity contribution is 7.99. The summed E-state index contributed by atoms with van der Waals surface area (Å²) < 4.78 is 7.33. The molecule has 1 aliphatic rings. The van der Waals surface area contributed by atoms with Crippen LogP contribution in [0, 0.1) is 0 Å². The van der Waals surface area contributed by atoms with Crippen LogP contribution in [0.1, 0.15) is 18.8 Å². The molecular weight excluding hydrogens is 486 g/mol. The van der Waals surface area contributed by atoms with E-state index in [1.165, 1.54) is 23.1 Å². The lowest BCUT2D eigenvalue weighted by Gasteiger charge is -2.33. The molecule has 0 bridgehead atoms. The van der Waals surface area contributed by atoms with Gasteiger partial charge in [-0.05, 0) is 19.1 Å². The Bertz CT molecular complexity index is 1370. The van der Waals surface area contributed by atoms with Crippen LogP contribution in [0.25, 0.3) is 10.6 Å². The maximum atomic E-state index is 12.6. The average molecular weight is 508 g/mol. The molecule has 5 rings (SSSR count). The summed E-state index contributed by atoms with van der Waals surface area (Å²) in [6.07, 6.45) is 0. The van der Waals surface area contributed by atoms with Crippen molar-refractivity contribution < 1.29 is 14.3 Å². The summed E-state index contributed by atoms with van der Waals surface area (Å²) in [5.41, 5.74) is 1.64. The Labute approximate surface area is 209 Å². The Balaban J connectivity index is 1.23. The Morgan fingerprint density at radius 3 is 2.71 bits per heavy atom. The minimum atomic E-state index is -0.369. The summed E-state index contributed by atoms with van der Waals surface area (Å²) in [6, 6.07) is 16.7. The van der Waals surface area contributed by atoms with E-state index >= 15 is 0 Å². The highest BCUT2D eigenvalue weighted by Crippen LogP contribution is 2.37. The van der Waals surface area contributed by atoms with Gasteiger partial charge in [0.1, 0.15) is 10.8 Å². The molecule has 1 N–H and O–H groups in total. The Morgan fingerprint density at radius 2 is 1.89 bits per heavy atom. The second-order valence-corrected chi connectivity index (χ2v) is 9.63. The molecule has 1 unspecified atom stereocenters. The van der Waals surface area contributed by atoms with Gasteiger partial charge in [-0.25, -0.2) is 0 Å². The fourth-order valence-corrected chi connectivity index (χ4v) is 5.22. The fraction of sp³-hybridized carbons (Fsp3) is 0.217. The van der Waals surface area contributed by atoms with Crippen molar-refractivity contribution in [1.29, 1.82) is 0 Å². The second kappa shape index (κ2) is 9.84. The van der Waals surface area contributed by atoms with Gasteiger partial charge < -0.3 is 9.30 Å². The van der Waals surface area contributed by atoms with E-state index in [0.29, 0.717) is 27.5 Å². The smallest absolute Gasteiger partial charge is 0.265 e. The number of hydrogen-bond donors (Lipinski definition) is 1. The van der Waals surface area contributed by atoms with Gasteiger partial charge in [-0.1, -0.05) is 65.6 Å². The van der Waals surface area contributed by atoms with E-state index in [4.69, 9.17) is 4.74 Å². The van der Waals surface area contributed by atoms with Gasteiger partial charge in [-0.2, -0.15) is 0 Å². The monoisotopic (exact) mass is 507 g/mol. The molecule has 0 aliphatic carbocycles. The van der Waals surface area contributed by atoms with Crippen molar-refractivity contribution in [3.63, 3.8) is 0 Å². The minimum absolute atomic E-state index is 0.0292. The van der Waals surface area contributed by atoms with E-state index in [1.807, 2.05) is 68.6 Å². The van der Waals surface area contributed by atoms with Crippen molar-refractivity contribution in [2.24, 2.45) is 7.05 Å². The van der Waals surface area contributed by atoms with Gasteiger partial charge >= 0.3 is 0 Å². The van der Waals surface area contributed by atoms with Crippen LogP contribution in [0.15, 0.2) is 59.8 Å². The van der Waals surface area contributed by atoms with Crippen LogP contribution in [0.3, 0.4) is 0 Å². The number of thioether (sulfide) groups is 1. The molecule has 2 amide bonds. The van der Waals surface area contributed by atoms with Crippen LogP contribution in [0.2, 0.25) is 0 Å². The zero-order chi connectivity index (χ0) is 24.4. The Hall–Kier alpha value is -3.77. The summed E-state index contributed by atoms with van der Waals surface area (Å²) in [5.74, 6) is 1.01. The van der Waals surface area contributed by atoms with Crippen LogP contribution in [0.5, 0.6) is 5.75 Å². The molecule has 4 aromatic rings. The third-order valence-corrected chi connectivity index (χ3v) is 7.31. The zero-order valence-electron chi connectivity index (χ0n) is 18.9. The molecular formula is C23H21N7O3S2. The van der Waals surface area contributed by atoms with Crippen LogP contribution < -0.4 is 15.0 Å². The summed E-state index contributed by atoms with van der Waals surface area (Å²) in [5, 5.41) is 21.3. The predicted octanol–water partition coefficient (Wildman–Crippen LogP) is 3.55. The summed E-state index contributed by atoms with van der Waals surface area (Å²) in [6.45, 7) is 1.86. The van der Waals surface area contributed by atoms with Gasteiger partial charge in [0.05, 0.1) is 17.5 Å². The molecule has 0 saturated carbocycles. The number of carbonyl (C=O) groups is 2. The number of carbonyl (C=O) groups excluding carboxylic acids is 2. The molecule has 35 heavy (non-hydrogen) atoms. The molecule has 0 fully saturated rings. The molecule has 0 spiro atoms. The maximum absolute atomic E-state index is 12.6. The normalized spacial score (nSPS) is 13.8. The maximum Gasteiger partial charge on any atom is 0.265 e. The molecule has 0 saturated heterocycles. The Morgan fingerprint density at radius 1 is 1.11 bits per heavy atom. The van der Waals surface area contributed by atoms with Crippen molar-refractivity contribution >= 4 is 45.7 Å². The number of rotatable bonds is 7. The van der Waals surface area contributed by atoms with Gasteiger partial charge in [-0.3, -0.25) is 19.8 Å². The van der Waals surface area contributed by atoms with Crippen molar-refractivity contribution in [2.75, 3.05) is 22.6 Å². The SMILES string of the molecule is CC(c1nnc(SCC(=O)Nc2nnc(-c3ccccc3)s2)n1C)N1C(=O)COc2ccccc21. The number of benzene rings is 2. The number of aromatic nitrogens is 5. The quantitative estimate of drug-likeness (QED) is 0.378. The lowest BCUT2D eigenvalue weighted by molar-refractivity contribution is -0.121. The topological polar surface area (TPSA) is 115 Å². The van der Waals surface area contributed by atoms with E-state index < -0.39 is 0 Å². The summed E-state index contributed by atoms with van der Waals surface area (Å²) in [7, 11) is 1.82. The molecule has 12 heteroatoms. The highest BCUT2D eigenvalue weighted by Gasteiger charge is 2.32. The van der Waals surface area contributed by atoms with Crippen molar-refractivity contribution in [3.8, 4) is 16.3 Å². The van der Waals surface area contributed by atoms with Crippen LogP contribution in [-0.2, 0) is 16.6 Å². The summed E-state index contributed by atoms with van der Waals surface area (Å²) in [4.78, 5) is 26.8. The number of hydrogen-bond acceptors (Lipinski definition) is 9. The first-order valence-electron chi connectivity index (χ1n) is 10.8. The number of ether oxygens (including phenoxy) is 1. The van der Waals surface area contributed by atoms with E-state index in [1.54, 1.807) is 9.47 Å². The molecule has 1 aliphatic heterocycles. The van der Waals surface area contributed by atoms with E-state index in [-0.39, 0.29) is 30.2 Å². The zero-order valence-corrected chi connectivity index (χ0v) is 20.5. The van der Waals surface area contributed by atoms with Crippen molar-refractivity contribution in [3.05, 3.63) is 60.4 Å². The van der Waals surface area contributed by atoms with E-state index in [2.05, 4.69) is 25.7 Å². The Kier molecular flexibility index (Phi) is 6.47. The first-order chi connectivity index (χ1) is 17.0. The van der Waals surface area contributed by atoms with E-state index in [0.717, 1.165) is 10.6 Å². The number of fused-ring (bicyclic) bond motifs is 1. The van der Waals surface area contributed by atoms with Gasteiger partial charge in [0, 0.05) is 12.6 Å². The lowest BCUT2D eigenvalue weighted by atomic mass is 10.1. The molecule has 1 atom stereocenters. The number of amides is 2. The second-order valence-electron chi connectivity index (χ2n) is 7.71. The highest BCUT2D eigenvalue weighted by atomic mass is 32.2. The fourth-order valence-electron chi connectivity index (χ4n) is 3.73. The van der Waals surface area contributed by atoms with Gasteiger partial charge in [-0.15, -0.1) is 20.4 Å².